The SMILES string of the molecule is CC(CC1CCCC1)C(=O)NCc1cccc(-n2ccc(C(=O)O)n2)c1. The third-order valence-corrected chi connectivity index (χ3v) is 5.06. The Hall–Kier alpha value is -2.63. The third kappa shape index (κ3) is 4.50. The van der Waals surface area contributed by atoms with Crippen molar-refractivity contribution in [3.05, 3.63) is 47.8 Å². The Kier molecular flexibility index (Phi) is 5.71. The molecule has 138 valence electrons. The van der Waals surface area contributed by atoms with Gasteiger partial charge in [-0.25, -0.2) is 9.48 Å². The van der Waals surface area contributed by atoms with E-state index in [1.807, 2.05) is 31.2 Å². The highest BCUT2D eigenvalue weighted by Crippen LogP contribution is 2.30. The summed E-state index contributed by atoms with van der Waals surface area (Å²) in [5.74, 6) is -0.231. The van der Waals surface area contributed by atoms with Gasteiger partial charge in [-0.05, 0) is 36.1 Å². The zero-order valence-electron chi connectivity index (χ0n) is 15.0. The molecular weight excluding hydrogens is 330 g/mol. The van der Waals surface area contributed by atoms with Crippen molar-refractivity contribution in [2.45, 2.75) is 45.6 Å². The normalized spacial score (nSPS) is 15.7. The molecule has 1 aromatic carbocycles. The minimum absolute atomic E-state index is 0.00411. The van der Waals surface area contributed by atoms with Crippen molar-refractivity contribution in [1.82, 2.24) is 15.1 Å². The van der Waals surface area contributed by atoms with Gasteiger partial charge >= 0.3 is 5.97 Å². The van der Waals surface area contributed by atoms with E-state index in [2.05, 4.69) is 10.4 Å². The molecule has 1 heterocycles. The van der Waals surface area contributed by atoms with Gasteiger partial charge < -0.3 is 10.4 Å². The maximum atomic E-state index is 12.3. The zero-order valence-corrected chi connectivity index (χ0v) is 15.0. The van der Waals surface area contributed by atoms with Crippen LogP contribution in [0.3, 0.4) is 0 Å². The van der Waals surface area contributed by atoms with Gasteiger partial charge in [-0.1, -0.05) is 44.7 Å². The highest BCUT2D eigenvalue weighted by atomic mass is 16.4. The number of carboxylic acids is 1. The minimum atomic E-state index is -1.05. The number of carboxylic acid groups (broad SMARTS) is 1. The Balaban J connectivity index is 1.57. The van der Waals surface area contributed by atoms with Crippen molar-refractivity contribution < 1.29 is 14.7 Å². The Morgan fingerprint density at radius 3 is 2.77 bits per heavy atom. The van der Waals surface area contributed by atoms with Crippen molar-refractivity contribution in [3.8, 4) is 5.69 Å². The first-order chi connectivity index (χ1) is 12.5. The van der Waals surface area contributed by atoms with E-state index in [9.17, 15) is 9.59 Å². The molecule has 0 aliphatic heterocycles. The van der Waals surface area contributed by atoms with Gasteiger partial charge in [0.25, 0.3) is 0 Å². The molecule has 0 radical (unpaired) electrons. The van der Waals surface area contributed by atoms with Crippen molar-refractivity contribution in [2.75, 3.05) is 0 Å². The molecule has 1 aliphatic rings. The number of benzene rings is 1. The van der Waals surface area contributed by atoms with Crippen LogP contribution in [0, 0.1) is 11.8 Å². The lowest BCUT2D eigenvalue weighted by molar-refractivity contribution is -0.125. The first kappa shape index (κ1) is 18.2. The van der Waals surface area contributed by atoms with Crippen LogP contribution in [0.4, 0.5) is 0 Å². The number of amides is 1. The number of aromatic carboxylic acids is 1. The van der Waals surface area contributed by atoms with Crippen LogP contribution in [-0.2, 0) is 11.3 Å². The summed E-state index contributed by atoms with van der Waals surface area (Å²) in [4.78, 5) is 23.3. The fourth-order valence-electron chi connectivity index (χ4n) is 3.61. The molecule has 6 heteroatoms. The highest BCUT2D eigenvalue weighted by Gasteiger charge is 2.21. The number of carbonyl (C=O) groups excluding carboxylic acids is 1. The van der Waals surface area contributed by atoms with E-state index in [1.165, 1.54) is 36.4 Å². The summed E-state index contributed by atoms with van der Waals surface area (Å²) in [6.07, 6.45) is 7.68. The number of hydrogen-bond acceptors (Lipinski definition) is 3. The van der Waals surface area contributed by atoms with Gasteiger partial charge in [0.15, 0.2) is 5.69 Å². The third-order valence-electron chi connectivity index (χ3n) is 5.06. The summed E-state index contributed by atoms with van der Waals surface area (Å²) in [6, 6.07) is 9.03. The largest absolute Gasteiger partial charge is 0.476 e. The molecule has 1 unspecified atom stereocenters. The van der Waals surface area contributed by atoms with Crippen LogP contribution in [-0.4, -0.2) is 26.8 Å². The van der Waals surface area contributed by atoms with Gasteiger partial charge in [-0.2, -0.15) is 5.10 Å². The van der Waals surface area contributed by atoms with E-state index in [0.29, 0.717) is 12.5 Å². The van der Waals surface area contributed by atoms with Crippen molar-refractivity contribution in [1.29, 1.82) is 0 Å². The van der Waals surface area contributed by atoms with Crippen molar-refractivity contribution in [3.63, 3.8) is 0 Å². The van der Waals surface area contributed by atoms with Crippen molar-refractivity contribution in [2.24, 2.45) is 11.8 Å². The molecule has 1 fully saturated rings. The summed E-state index contributed by atoms with van der Waals surface area (Å²) in [5.41, 5.74) is 1.73. The van der Waals surface area contributed by atoms with Gasteiger partial charge in [0, 0.05) is 18.7 Å². The molecule has 2 N–H and O–H groups in total. The van der Waals surface area contributed by atoms with Crippen LogP contribution < -0.4 is 5.32 Å². The summed E-state index contributed by atoms with van der Waals surface area (Å²) in [5, 5.41) is 16.0. The number of rotatable bonds is 7. The predicted octanol–water partition coefficient (Wildman–Crippen LogP) is 3.40. The Labute approximate surface area is 153 Å². The lowest BCUT2D eigenvalue weighted by Crippen LogP contribution is -2.29. The number of nitrogens with zero attached hydrogens (tertiary/aromatic N) is 2. The number of nitrogens with one attached hydrogen (secondary N) is 1. The Morgan fingerprint density at radius 1 is 1.31 bits per heavy atom. The molecule has 0 bridgehead atoms. The molecule has 1 saturated carbocycles. The predicted molar refractivity (Wildman–Crippen MR) is 98.1 cm³/mol. The van der Waals surface area contributed by atoms with Crippen LogP contribution in [0.2, 0.25) is 0 Å². The van der Waals surface area contributed by atoms with Gasteiger partial charge in [-0.3, -0.25) is 4.79 Å². The quantitative estimate of drug-likeness (QED) is 0.797. The topological polar surface area (TPSA) is 84.2 Å². The second-order valence-corrected chi connectivity index (χ2v) is 7.13. The maximum absolute atomic E-state index is 12.3. The van der Waals surface area contributed by atoms with Gasteiger partial charge in [0.2, 0.25) is 5.91 Å². The molecule has 1 aliphatic carbocycles. The van der Waals surface area contributed by atoms with E-state index < -0.39 is 5.97 Å². The molecule has 1 amide bonds. The van der Waals surface area contributed by atoms with E-state index in [4.69, 9.17) is 5.11 Å². The molecule has 6 nitrogen and oxygen atoms in total. The summed E-state index contributed by atoms with van der Waals surface area (Å²) < 4.78 is 1.53. The summed E-state index contributed by atoms with van der Waals surface area (Å²) in [6.45, 7) is 2.45. The molecule has 1 atom stereocenters. The highest BCUT2D eigenvalue weighted by molar-refractivity contribution is 5.85. The molecule has 1 aromatic heterocycles. The van der Waals surface area contributed by atoms with E-state index in [-0.39, 0.29) is 17.5 Å². The fourth-order valence-corrected chi connectivity index (χ4v) is 3.61. The van der Waals surface area contributed by atoms with Crippen molar-refractivity contribution >= 4 is 11.9 Å². The van der Waals surface area contributed by atoms with Gasteiger partial charge in [-0.15, -0.1) is 0 Å². The molecule has 0 saturated heterocycles. The Morgan fingerprint density at radius 2 is 2.08 bits per heavy atom. The maximum Gasteiger partial charge on any atom is 0.356 e. The van der Waals surface area contributed by atoms with Gasteiger partial charge in [0.1, 0.15) is 0 Å². The van der Waals surface area contributed by atoms with E-state index in [0.717, 1.165) is 17.7 Å². The molecule has 2 aromatic rings. The fraction of sp³-hybridized carbons (Fsp3) is 0.450. The first-order valence-corrected chi connectivity index (χ1v) is 9.19. The van der Waals surface area contributed by atoms with Crippen LogP contribution in [0.15, 0.2) is 36.5 Å². The summed E-state index contributed by atoms with van der Waals surface area (Å²) in [7, 11) is 0. The molecule has 3 rings (SSSR count). The van der Waals surface area contributed by atoms with Crippen LogP contribution in [0.1, 0.15) is 55.1 Å². The number of carbonyl (C=O) groups is 2. The number of hydrogen-bond donors (Lipinski definition) is 2. The number of aromatic nitrogens is 2. The smallest absolute Gasteiger partial charge is 0.356 e. The van der Waals surface area contributed by atoms with E-state index in [1.54, 1.807) is 6.20 Å². The minimum Gasteiger partial charge on any atom is -0.476 e. The Bertz CT molecular complexity index is 778. The zero-order chi connectivity index (χ0) is 18.5. The molecular formula is C20H25N3O3. The second kappa shape index (κ2) is 8.17. The molecule has 26 heavy (non-hydrogen) atoms. The lowest BCUT2D eigenvalue weighted by atomic mass is 9.94. The van der Waals surface area contributed by atoms with Crippen LogP contribution in [0.5, 0.6) is 0 Å². The second-order valence-electron chi connectivity index (χ2n) is 7.13. The standard InChI is InChI=1S/C20H25N3O3/c1-14(11-15-5-2-3-6-15)19(24)21-13-16-7-4-8-17(12-16)23-10-9-18(22-23)20(25)26/h4,7-10,12,14-15H,2-3,5-6,11,13H2,1H3,(H,21,24)(H,25,26). The average Bonchev–Trinajstić information content (AvgIpc) is 3.31. The first-order valence-electron chi connectivity index (χ1n) is 9.19. The lowest BCUT2D eigenvalue weighted by Gasteiger charge is -2.16. The van der Waals surface area contributed by atoms with Crippen LogP contribution >= 0.6 is 0 Å². The average molecular weight is 355 g/mol. The van der Waals surface area contributed by atoms with E-state index >= 15 is 0 Å². The van der Waals surface area contributed by atoms with Crippen LogP contribution in [0.25, 0.3) is 5.69 Å². The summed E-state index contributed by atoms with van der Waals surface area (Å²) >= 11 is 0. The monoisotopic (exact) mass is 355 g/mol. The van der Waals surface area contributed by atoms with Gasteiger partial charge in [0.05, 0.1) is 5.69 Å². The molecule has 0 spiro atoms.